The molecule has 0 bridgehead atoms. The Hall–Kier alpha value is -4.23. The van der Waals surface area contributed by atoms with Crippen LogP contribution in [0.4, 0.5) is 15.9 Å². The van der Waals surface area contributed by atoms with Crippen LogP contribution in [0.5, 0.6) is 0 Å². The number of nitriles is 1. The lowest BCUT2D eigenvalue weighted by atomic mass is 9.94. The van der Waals surface area contributed by atoms with Crippen molar-refractivity contribution in [3.05, 3.63) is 45.9 Å². The molecule has 2 aliphatic heterocycles. The predicted molar refractivity (Wildman–Crippen MR) is 140 cm³/mol. The van der Waals surface area contributed by atoms with Crippen molar-refractivity contribution in [3.63, 3.8) is 0 Å². The molecule has 0 radical (unpaired) electrons. The molecule has 1 saturated heterocycles. The van der Waals surface area contributed by atoms with Gasteiger partial charge in [-0.15, -0.1) is 0 Å². The second-order valence-electron chi connectivity index (χ2n) is 8.53. The lowest BCUT2D eigenvalue weighted by molar-refractivity contribution is 0.568. The molecule has 12 heteroatoms. The zero-order valence-electron chi connectivity index (χ0n) is 22.7. The van der Waals surface area contributed by atoms with Gasteiger partial charge in [-0.25, -0.2) is 14.2 Å². The van der Waals surface area contributed by atoms with Crippen molar-refractivity contribution < 1.29 is 13.3 Å². The van der Waals surface area contributed by atoms with Gasteiger partial charge in [-0.2, -0.15) is 15.5 Å². The molecule has 3 aromatic rings. The van der Waals surface area contributed by atoms with Crippen molar-refractivity contribution in [1.29, 1.82) is 5.26 Å². The molecule has 0 amide bonds. The number of aromatic nitrogens is 3. The third-order valence-electron chi connectivity index (χ3n) is 6.51. The number of hydrogen-bond donors (Lipinski definition) is 3. The molecule has 0 aliphatic carbocycles. The lowest BCUT2D eigenvalue weighted by Gasteiger charge is -2.23. The van der Waals surface area contributed by atoms with Crippen LogP contribution in [0.2, 0.25) is 5.02 Å². The Morgan fingerprint density at radius 1 is 1.32 bits per heavy atom. The first kappa shape index (κ1) is 20.9. The van der Waals surface area contributed by atoms with Gasteiger partial charge in [-0.05, 0) is 25.0 Å². The van der Waals surface area contributed by atoms with Crippen molar-refractivity contribution in [2.24, 2.45) is 17.9 Å². The number of hydrazone groups is 1. The van der Waals surface area contributed by atoms with Crippen LogP contribution in [0, 0.1) is 17.1 Å². The third kappa shape index (κ3) is 3.92. The maximum absolute atomic E-state index is 15.8. The monoisotopic (exact) mass is 522 g/mol. The van der Waals surface area contributed by atoms with Crippen molar-refractivity contribution in [2.45, 2.75) is 12.8 Å². The molecule has 37 heavy (non-hydrogen) atoms. The fourth-order valence-electron chi connectivity index (χ4n) is 4.80. The zero-order chi connectivity index (χ0) is 28.8. The summed E-state index contributed by atoms with van der Waals surface area (Å²) in [5, 5.41) is 20.8. The zero-order valence-corrected chi connectivity index (χ0v) is 20.4. The standard InChI is InChI=1S/C25H23ClFN9O/c1-30-25-21-13(18(10-29)33-34-19(21)12-37)7-17(32-25)15-11-31-35(2)24(15)22-14(9-28)20(8-16(26)23(22)27)36-5-3-4-6-36/h7-8,11,34H,3-6,10,29H2,1-2H3,(H,30,32)/i1D3. The summed E-state index contributed by atoms with van der Waals surface area (Å²) in [5.74, 6) is 0.747. The number of pyridine rings is 1. The molecule has 0 atom stereocenters. The number of nitrogens with one attached hydrogen (secondary N) is 2. The highest BCUT2D eigenvalue weighted by Gasteiger charge is 2.30. The van der Waals surface area contributed by atoms with Gasteiger partial charge >= 0.3 is 0 Å². The minimum atomic E-state index is -2.68. The Morgan fingerprint density at radius 3 is 2.78 bits per heavy atom. The first-order valence-electron chi connectivity index (χ1n) is 12.9. The minimum Gasteiger partial charge on any atom is -0.373 e. The Kier molecular flexibility index (Phi) is 5.47. The lowest BCUT2D eigenvalue weighted by Crippen LogP contribution is -2.27. The van der Waals surface area contributed by atoms with Crippen LogP contribution in [0.1, 0.15) is 33.6 Å². The second kappa shape index (κ2) is 9.67. The summed E-state index contributed by atoms with van der Waals surface area (Å²) in [5.41, 5.74) is 10.3. The highest BCUT2D eigenvalue weighted by molar-refractivity contribution is 6.31. The number of benzene rings is 1. The summed E-state index contributed by atoms with van der Waals surface area (Å²) in [7, 11) is 1.58. The summed E-state index contributed by atoms with van der Waals surface area (Å²) in [4.78, 5) is 18.2. The maximum atomic E-state index is 15.8. The van der Waals surface area contributed by atoms with Gasteiger partial charge in [0, 0.05) is 48.9 Å². The van der Waals surface area contributed by atoms with Gasteiger partial charge in [0.1, 0.15) is 11.9 Å². The van der Waals surface area contributed by atoms with Gasteiger partial charge in [-0.1, -0.05) is 11.6 Å². The van der Waals surface area contributed by atoms with E-state index in [0.717, 1.165) is 12.8 Å². The smallest absolute Gasteiger partial charge is 0.152 e. The van der Waals surface area contributed by atoms with E-state index in [4.69, 9.17) is 21.4 Å². The van der Waals surface area contributed by atoms with Gasteiger partial charge < -0.3 is 16.0 Å². The molecule has 4 N–H and O–H groups in total. The Bertz CT molecular complexity index is 1650. The molecule has 2 aliphatic rings. The molecular weight excluding hydrogens is 497 g/mol. The van der Waals surface area contributed by atoms with Crippen LogP contribution in [0.3, 0.4) is 0 Å². The van der Waals surface area contributed by atoms with Crippen molar-refractivity contribution in [2.75, 3.05) is 36.8 Å². The number of halogens is 2. The first-order valence-corrected chi connectivity index (χ1v) is 11.8. The van der Waals surface area contributed by atoms with Gasteiger partial charge in [0.05, 0.1) is 50.7 Å². The van der Waals surface area contributed by atoms with Gasteiger partial charge in [0.15, 0.2) is 17.5 Å². The molecule has 1 aromatic carbocycles. The average molecular weight is 523 g/mol. The number of rotatable bonds is 5. The van der Waals surface area contributed by atoms with Gasteiger partial charge in [-0.3, -0.25) is 10.1 Å². The van der Waals surface area contributed by atoms with E-state index in [1.165, 1.54) is 16.9 Å². The maximum Gasteiger partial charge on any atom is 0.152 e. The molecule has 10 nitrogen and oxygen atoms in total. The first-order chi connectivity index (χ1) is 19.1. The number of aryl methyl sites for hydroxylation is 1. The average Bonchev–Trinajstić information content (AvgIpc) is 3.58. The van der Waals surface area contributed by atoms with E-state index in [1.807, 2.05) is 4.90 Å². The fourth-order valence-corrected chi connectivity index (χ4v) is 5.00. The van der Waals surface area contributed by atoms with Crippen molar-refractivity contribution in [1.82, 2.24) is 20.2 Å². The topological polar surface area (TPSA) is 137 Å². The quantitative estimate of drug-likeness (QED) is 0.435. The van der Waals surface area contributed by atoms with Crippen LogP contribution >= 0.6 is 11.6 Å². The number of carbonyl (C=O) groups excluding carboxylic acids is 1. The summed E-state index contributed by atoms with van der Waals surface area (Å²) in [6.45, 7) is -1.33. The Morgan fingerprint density at radius 2 is 2.11 bits per heavy atom. The number of nitrogens with two attached hydrogens (primary N) is 1. The molecule has 188 valence electrons. The van der Waals surface area contributed by atoms with Crippen LogP contribution in [0.25, 0.3) is 28.2 Å². The molecule has 0 saturated carbocycles. The van der Waals surface area contributed by atoms with Crippen LogP contribution in [-0.4, -0.2) is 53.0 Å². The van der Waals surface area contributed by atoms with E-state index in [2.05, 4.69) is 32.0 Å². The van der Waals surface area contributed by atoms with Crippen LogP contribution < -0.4 is 21.4 Å². The van der Waals surface area contributed by atoms with E-state index in [1.54, 1.807) is 19.1 Å². The van der Waals surface area contributed by atoms with Crippen molar-refractivity contribution in [3.8, 4) is 28.6 Å². The van der Waals surface area contributed by atoms with Gasteiger partial charge in [0.2, 0.25) is 0 Å². The van der Waals surface area contributed by atoms with Gasteiger partial charge in [0.25, 0.3) is 0 Å². The summed E-state index contributed by atoms with van der Waals surface area (Å²) >= 11 is 6.35. The number of fused-ring (bicyclic) bond motifs is 1. The van der Waals surface area contributed by atoms with Crippen molar-refractivity contribution >= 4 is 40.5 Å². The normalized spacial score (nSPS) is 16.1. The second-order valence-corrected chi connectivity index (χ2v) is 8.94. The predicted octanol–water partition coefficient (Wildman–Crippen LogP) is 2.89. The molecule has 1 fully saturated rings. The summed E-state index contributed by atoms with van der Waals surface area (Å²) in [6.07, 6.45) is 3.29. The molecule has 0 unspecified atom stereocenters. The Labute approximate surface area is 221 Å². The van der Waals surface area contributed by atoms with E-state index in [9.17, 15) is 10.1 Å². The highest BCUT2D eigenvalue weighted by Crippen LogP contribution is 2.42. The van der Waals surface area contributed by atoms with E-state index in [-0.39, 0.29) is 56.7 Å². The molecule has 4 heterocycles. The Balaban J connectivity index is 1.80. The SMILES string of the molecule is [2H]C([2H])([2H])Nc1nc(-c2cnn(C)c2-c2c(F)c(Cl)cc(N3CCCC3)c2C#N)cc2c1C(=C=O)NN=C2CN. The molecular formula is C25H23ClFN9O. The molecule has 2 aromatic heterocycles. The fraction of sp³-hybridized carbons (Fsp3) is 0.280. The van der Waals surface area contributed by atoms with Crippen LogP contribution in [0.15, 0.2) is 23.4 Å². The molecule has 0 spiro atoms. The minimum absolute atomic E-state index is 0.0522. The van der Waals surface area contributed by atoms with E-state index >= 15 is 4.39 Å². The van der Waals surface area contributed by atoms with E-state index < -0.39 is 12.8 Å². The summed E-state index contributed by atoms with van der Waals surface area (Å²) < 4.78 is 40.4. The number of hydrogen-bond acceptors (Lipinski definition) is 9. The third-order valence-corrected chi connectivity index (χ3v) is 6.78. The van der Waals surface area contributed by atoms with E-state index in [0.29, 0.717) is 30.1 Å². The van der Waals surface area contributed by atoms with Crippen LogP contribution in [-0.2, 0) is 11.8 Å². The number of anilines is 2. The molecule has 5 rings (SSSR count). The largest absolute Gasteiger partial charge is 0.373 e. The highest BCUT2D eigenvalue weighted by atomic mass is 35.5. The number of nitrogens with zero attached hydrogens (tertiary/aromatic N) is 6. The summed E-state index contributed by atoms with van der Waals surface area (Å²) in [6, 6.07) is 5.16.